The van der Waals surface area contributed by atoms with Gasteiger partial charge in [-0.1, -0.05) is 42.5 Å². The Hall–Kier alpha value is -5.29. The van der Waals surface area contributed by atoms with E-state index in [-0.39, 0.29) is 23.0 Å². The van der Waals surface area contributed by atoms with Crippen molar-refractivity contribution in [3.8, 4) is 0 Å². The quantitative estimate of drug-likeness (QED) is 0.0883. The van der Waals surface area contributed by atoms with Gasteiger partial charge in [-0.05, 0) is 66.6 Å². The van der Waals surface area contributed by atoms with Crippen LogP contribution in [0, 0.1) is 22.9 Å². The van der Waals surface area contributed by atoms with Crippen molar-refractivity contribution >= 4 is 52.6 Å². The van der Waals surface area contributed by atoms with Gasteiger partial charge in [0, 0.05) is 28.3 Å². The summed E-state index contributed by atoms with van der Waals surface area (Å²) in [7, 11) is 0. The van der Waals surface area contributed by atoms with Crippen molar-refractivity contribution in [2.24, 2.45) is 0 Å². The molecule has 4 rings (SSSR count). The molecule has 4 aromatic carbocycles. The molecule has 0 fully saturated rings. The van der Waals surface area contributed by atoms with E-state index in [1.165, 1.54) is 54.2 Å². The Balaban J connectivity index is 1.44. The molecule has 0 unspecified atom stereocenters. The highest BCUT2D eigenvalue weighted by atomic mass is 32.2. The first-order valence-corrected chi connectivity index (χ1v) is 13.6. The van der Waals surface area contributed by atoms with Crippen molar-refractivity contribution in [1.82, 2.24) is 5.32 Å². The Bertz CT molecular complexity index is 1660. The highest BCUT2D eigenvalue weighted by Gasteiger charge is 2.16. The summed E-state index contributed by atoms with van der Waals surface area (Å²) in [6, 6.07) is 24.9. The van der Waals surface area contributed by atoms with Gasteiger partial charge < -0.3 is 16.0 Å². The van der Waals surface area contributed by atoms with Crippen LogP contribution in [-0.4, -0.2) is 28.4 Å². The molecular weight excluding hydrogens is 559 g/mol. The SMILES string of the molecule is Cc1ccc([N+](=O)[O-])cc1NC(=O)CSc1cccc(NC(=O)/C(=C/c2ccc(F)cc2)NC(=O)c2ccccc2)c1. The minimum absolute atomic E-state index is 0.0163. The van der Waals surface area contributed by atoms with Crippen LogP contribution in [0.1, 0.15) is 21.5 Å². The molecule has 0 aliphatic carbocycles. The molecule has 3 amide bonds. The summed E-state index contributed by atoms with van der Waals surface area (Å²) in [5.41, 5.74) is 2.14. The van der Waals surface area contributed by atoms with Crippen molar-refractivity contribution in [2.45, 2.75) is 11.8 Å². The fourth-order valence-corrected chi connectivity index (χ4v) is 4.48. The normalized spacial score (nSPS) is 11.0. The number of thioether (sulfide) groups is 1. The molecule has 0 saturated carbocycles. The molecule has 0 aliphatic heterocycles. The lowest BCUT2D eigenvalue weighted by atomic mass is 10.1. The number of hydrogen-bond acceptors (Lipinski definition) is 6. The second-order valence-electron chi connectivity index (χ2n) is 9.00. The second kappa shape index (κ2) is 13.9. The van der Waals surface area contributed by atoms with E-state index in [4.69, 9.17) is 0 Å². The van der Waals surface area contributed by atoms with Crippen LogP contribution in [-0.2, 0) is 9.59 Å². The number of nitrogens with one attached hydrogen (secondary N) is 3. The topological polar surface area (TPSA) is 130 Å². The number of halogens is 1. The molecule has 0 aromatic heterocycles. The number of amides is 3. The zero-order valence-electron chi connectivity index (χ0n) is 22.3. The van der Waals surface area contributed by atoms with Crippen LogP contribution >= 0.6 is 11.8 Å². The number of anilines is 2. The van der Waals surface area contributed by atoms with Gasteiger partial charge in [-0.2, -0.15) is 0 Å². The fraction of sp³-hybridized carbons (Fsp3) is 0.0645. The minimum atomic E-state index is -0.607. The first-order valence-electron chi connectivity index (χ1n) is 12.6. The monoisotopic (exact) mass is 584 g/mol. The molecule has 0 heterocycles. The van der Waals surface area contributed by atoms with Crippen molar-refractivity contribution in [1.29, 1.82) is 0 Å². The third-order valence-corrected chi connectivity index (χ3v) is 6.87. The van der Waals surface area contributed by atoms with Gasteiger partial charge in [0.25, 0.3) is 17.5 Å². The number of nitrogens with zero attached hydrogens (tertiary/aromatic N) is 1. The summed E-state index contributed by atoms with van der Waals surface area (Å²) in [5.74, 6) is -1.87. The Morgan fingerprint density at radius 2 is 1.64 bits per heavy atom. The number of rotatable bonds is 10. The van der Waals surface area contributed by atoms with Crippen molar-refractivity contribution in [3.05, 3.63) is 135 Å². The van der Waals surface area contributed by atoms with E-state index in [9.17, 15) is 28.9 Å². The highest BCUT2D eigenvalue weighted by molar-refractivity contribution is 8.00. The molecule has 0 radical (unpaired) electrons. The van der Waals surface area contributed by atoms with Gasteiger partial charge in [-0.15, -0.1) is 11.8 Å². The largest absolute Gasteiger partial charge is 0.325 e. The maximum Gasteiger partial charge on any atom is 0.272 e. The number of carbonyl (C=O) groups is 3. The van der Waals surface area contributed by atoms with Crippen LogP contribution in [0.5, 0.6) is 0 Å². The third kappa shape index (κ3) is 8.35. The summed E-state index contributed by atoms with van der Waals surface area (Å²) in [6.45, 7) is 1.74. The maximum atomic E-state index is 13.4. The van der Waals surface area contributed by atoms with Crippen LogP contribution in [0.4, 0.5) is 21.5 Å². The van der Waals surface area contributed by atoms with E-state index < -0.39 is 22.6 Å². The minimum Gasteiger partial charge on any atom is -0.325 e. The average Bonchev–Trinajstić information content (AvgIpc) is 2.98. The molecular formula is C31H25FN4O5S. The number of carbonyl (C=O) groups excluding carboxylic acids is 3. The summed E-state index contributed by atoms with van der Waals surface area (Å²) in [5, 5.41) is 19.1. The number of non-ortho nitro benzene ring substituents is 1. The summed E-state index contributed by atoms with van der Waals surface area (Å²) >= 11 is 1.21. The highest BCUT2D eigenvalue weighted by Crippen LogP contribution is 2.25. The lowest BCUT2D eigenvalue weighted by Gasteiger charge is -2.12. The lowest BCUT2D eigenvalue weighted by Crippen LogP contribution is -2.30. The fourth-order valence-electron chi connectivity index (χ4n) is 3.72. The molecule has 42 heavy (non-hydrogen) atoms. The average molecular weight is 585 g/mol. The van der Waals surface area contributed by atoms with Crippen LogP contribution in [0.15, 0.2) is 108 Å². The molecule has 212 valence electrons. The van der Waals surface area contributed by atoms with E-state index in [0.29, 0.717) is 33.0 Å². The van der Waals surface area contributed by atoms with Crippen LogP contribution in [0.2, 0.25) is 0 Å². The molecule has 0 atom stereocenters. The predicted octanol–water partition coefficient (Wildman–Crippen LogP) is 6.18. The number of hydrogen-bond donors (Lipinski definition) is 3. The molecule has 0 aliphatic rings. The van der Waals surface area contributed by atoms with E-state index in [1.807, 2.05) is 0 Å². The molecule has 0 saturated heterocycles. The van der Waals surface area contributed by atoms with Crippen LogP contribution in [0.25, 0.3) is 6.08 Å². The van der Waals surface area contributed by atoms with Crippen LogP contribution < -0.4 is 16.0 Å². The molecule has 11 heteroatoms. The first-order chi connectivity index (χ1) is 20.2. The molecule has 3 N–H and O–H groups in total. The van der Waals surface area contributed by atoms with Crippen molar-refractivity contribution in [2.75, 3.05) is 16.4 Å². The number of benzene rings is 4. The number of nitro groups is 1. The smallest absolute Gasteiger partial charge is 0.272 e. The van der Waals surface area contributed by atoms with E-state index in [2.05, 4.69) is 16.0 Å². The Morgan fingerprint density at radius 3 is 2.36 bits per heavy atom. The Labute approximate surface area is 245 Å². The van der Waals surface area contributed by atoms with Crippen molar-refractivity contribution < 1.29 is 23.7 Å². The Morgan fingerprint density at radius 1 is 0.905 bits per heavy atom. The van der Waals surface area contributed by atoms with Gasteiger partial charge in [0.1, 0.15) is 11.5 Å². The molecule has 0 bridgehead atoms. The predicted molar refractivity (Wildman–Crippen MR) is 161 cm³/mol. The zero-order valence-corrected chi connectivity index (χ0v) is 23.1. The molecule has 0 spiro atoms. The van der Waals surface area contributed by atoms with E-state index in [1.54, 1.807) is 67.6 Å². The number of nitro benzene ring substituents is 1. The zero-order chi connectivity index (χ0) is 30.1. The Kier molecular flexibility index (Phi) is 9.80. The third-order valence-electron chi connectivity index (χ3n) is 5.88. The van der Waals surface area contributed by atoms with Gasteiger partial charge in [-0.3, -0.25) is 24.5 Å². The van der Waals surface area contributed by atoms with Crippen molar-refractivity contribution in [3.63, 3.8) is 0 Å². The number of aryl methyl sites for hydroxylation is 1. The standard InChI is InChI=1S/C31H25FN4O5S/c1-20-10-15-25(36(40)41)18-27(20)34-29(37)19-42-26-9-5-8-24(17-26)33-31(39)28(16-21-11-13-23(32)14-12-21)35-30(38)22-6-3-2-4-7-22/h2-18H,19H2,1H3,(H,33,39)(H,34,37)(H,35,38)/b28-16-. The van der Waals surface area contributed by atoms with E-state index >= 15 is 0 Å². The van der Waals surface area contributed by atoms with E-state index in [0.717, 1.165) is 0 Å². The summed E-state index contributed by atoms with van der Waals surface area (Å²) in [6.07, 6.45) is 1.44. The lowest BCUT2D eigenvalue weighted by molar-refractivity contribution is -0.384. The molecule has 9 nitrogen and oxygen atoms in total. The molecule has 4 aromatic rings. The summed E-state index contributed by atoms with van der Waals surface area (Å²) < 4.78 is 13.4. The second-order valence-corrected chi connectivity index (χ2v) is 10.1. The summed E-state index contributed by atoms with van der Waals surface area (Å²) in [4.78, 5) is 49.8. The first kappa shape index (κ1) is 29.7. The van der Waals surface area contributed by atoms with Gasteiger partial charge in [0.05, 0.1) is 16.4 Å². The van der Waals surface area contributed by atoms with Gasteiger partial charge in [-0.25, -0.2) is 4.39 Å². The maximum absolute atomic E-state index is 13.4. The van der Waals surface area contributed by atoms with Crippen LogP contribution in [0.3, 0.4) is 0 Å². The van der Waals surface area contributed by atoms with Gasteiger partial charge in [0.15, 0.2) is 0 Å². The van der Waals surface area contributed by atoms with Gasteiger partial charge in [0.2, 0.25) is 5.91 Å². The van der Waals surface area contributed by atoms with Gasteiger partial charge >= 0.3 is 0 Å².